The molecule has 6 heteroatoms. The van der Waals surface area contributed by atoms with Crippen LogP contribution in [0.25, 0.3) is 10.9 Å². The molecule has 0 aliphatic carbocycles. The van der Waals surface area contributed by atoms with E-state index >= 15 is 0 Å². The number of hydrogen-bond acceptors (Lipinski definition) is 4. The number of rotatable bonds is 5. The lowest BCUT2D eigenvalue weighted by molar-refractivity contribution is 0.381. The number of phenolic OH excluding ortho intramolecular Hbond substituents is 1. The Morgan fingerprint density at radius 1 is 1.15 bits per heavy atom. The van der Waals surface area contributed by atoms with Crippen LogP contribution in [0.4, 0.5) is 5.69 Å². The number of hydrogen-bond donors (Lipinski definition) is 4. The molecule has 0 spiro atoms. The molecule has 0 saturated heterocycles. The second-order valence-electron chi connectivity index (χ2n) is 6.40. The average Bonchev–Trinajstić information content (AvgIpc) is 2.95. The van der Waals surface area contributed by atoms with Crippen LogP contribution in [0.1, 0.15) is 37.8 Å². The second-order valence-corrected chi connectivity index (χ2v) is 6.84. The number of nitrogens with zero attached hydrogens (tertiary/aromatic N) is 1. The van der Waals surface area contributed by atoms with Gasteiger partial charge in [-0.3, -0.25) is 4.99 Å². The van der Waals surface area contributed by atoms with Crippen LogP contribution in [-0.4, -0.2) is 21.4 Å². The van der Waals surface area contributed by atoms with Gasteiger partial charge in [0.1, 0.15) is 5.75 Å². The predicted octanol–water partition coefficient (Wildman–Crippen LogP) is 4.96. The minimum absolute atomic E-state index is 0.0281. The van der Waals surface area contributed by atoms with Gasteiger partial charge in [0, 0.05) is 33.2 Å². The number of phenols is 1. The van der Waals surface area contributed by atoms with Crippen molar-refractivity contribution < 1.29 is 10.2 Å². The van der Waals surface area contributed by atoms with Crippen LogP contribution in [0.15, 0.2) is 41.4 Å². The molecule has 3 aromatic rings. The van der Waals surface area contributed by atoms with Gasteiger partial charge in [-0.25, -0.2) is 0 Å². The molecule has 136 valence electrons. The molecule has 0 fully saturated rings. The normalized spacial score (nSPS) is 12.3. The topological polar surface area (TPSA) is 94.6 Å². The quantitative estimate of drug-likeness (QED) is 0.477. The molecule has 0 unspecified atom stereocenters. The minimum Gasteiger partial charge on any atom is -0.508 e. The van der Waals surface area contributed by atoms with E-state index in [9.17, 15) is 10.2 Å². The lowest BCUT2D eigenvalue weighted by Crippen LogP contribution is -2.35. The molecule has 1 aromatic heterocycles. The zero-order valence-electron chi connectivity index (χ0n) is 14.8. The highest BCUT2D eigenvalue weighted by atomic mass is 35.5. The van der Waals surface area contributed by atoms with Crippen molar-refractivity contribution in [2.24, 2.45) is 10.7 Å². The summed E-state index contributed by atoms with van der Waals surface area (Å²) in [6.07, 6.45) is 2.98. The van der Waals surface area contributed by atoms with E-state index in [1.54, 1.807) is 42.6 Å². The van der Waals surface area contributed by atoms with Crippen molar-refractivity contribution >= 4 is 34.4 Å². The molecule has 0 atom stereocenters. The van der Waals surface area contributed by atoms with Crippen LogP contribution >= 0.6 is 11.6 Å². The maximum Gasteiger partial charge on any atom is 0.198 e. The highest BCUT2D eigenvalue weighted by Gasteiger charge is 2.26. The van der Waals surface area contributed by atoms with Crippen LogP contribution in [-0.2, 0) is 5.54 Å². The molecule has 0 bridgehead atoms. The zero-order chi connectivity index (χ0) is 18.9. The fourth-order valence-corrected chi connectivity index (χ4v) is 3.25. The molecule has 5 nitrogen and oxygen atoms in total. The Kier molecular flexibility index (Phi) is 4.94. The maximum absolute atomic E-state index is 10.2. The lowest BCUT2D eigenvalue weighted by Gasteiger charge is -2.28. The van der Waals surface area contributed by atoms with Gasteiger partial charge in [0.25, 0.3) is 0 Å². The molecule has 0 saturated carbocycles. The van der Waals surface area contributed by atoms with E-state index in [-0.39, 0.29) is 11.6 Å². The van der Waals surface area contributed by atoms with E-state index in [2.05, 4.69) is 9.98 Å². The Balaban J connectivity index is 2.02. The summed E-state index contributed by atoms with van der Waals surface area (Å²) in [6, 6.07) is 10.4. The number of halogens is 1. The van der Waals surface area contributed by atoms with Gasteiger partial charge in [0.05, 0.1) is 11.3 Å². The van der Waals surface area contributed by atoms with Crippen molar-refractivity contribution in [3.63, 3.8) is 0 Å². The summed E-state index contributed by atoms with van der Waals surface area (Å²) in [7, 11) is 0. The standard InChI is InChI=1S/C20H22ClN3O2/c1-3-20(22,4-2)16-10-13(6-8-18(16)25)23-11-15-14-9-12(21)5-7-17(14)24-19(15)26/h5-11,24-26H,3-4,22H2,1-2H3. The smallest absolute Gasteiger partial charge is 0.198 e. The number of H-pyrrole nitrogens is 1. The first kappa shape index (κ1) is 18.3. The van der Waals surface area contributed by atoms with Crippen LogP contribution in [0.2, 0.25) is 5.02 Å². The van der Waals surface area contributed by atoms with Gasteiger partial charge in [-0.15, -0.1) is 0 Å². The largest absolute Gasteiger partial charge is 0.508 e. The van der Waals surface area contributed by atoms with Crippen molar-refractivity contribution in [1.29, 1.82) is 0 Å². The molecular formula is C20H22ClN3O2. The van der Waals surface area contributed by atoms with Gasteiger partial charge < -0.3 is 20.9 Å². The highest BCUT2D eigenvalue weighted by molar-refractivity contribution is 6.31. The van der Waals surface area contributed by atoms with Gasteiger partial charge in [0.15, 0.2) is 5.88 Å². The summed E-state index contributed by atoms with van der Waals surface area (Å²) >= 11 is 6.06. The predicted molar refractivity (Wildman–Crippen MR) is 107 cm³/mol. The monoisotopic (exact) mass is 371 g/mol. The first-order valence-electron chi connectivity index (χ1n) is 8.54. The number of aromatic nitrogens is 1. The Morgan fingerprint density at radius 3 is 2.58 bits per heavy atom. The van der Waals surface area contributed by atoms with E-state index in [0.717, 1.165) is 10.9 Å². The van der Waals surface area contributed by atoms with E-state index in [4.69, 9.17) is 17.3 Å². The summed E-state index contributed by atoms with van der Waals surface area (Å²) in [5, 5.41) is 21.7. The van der Waals surface area contributed by atoms with E-state index in [0.29, 0.717) is 34.7 Å². The highest BCUT2D eigenvalue weighted by Crippen LogP contribution is 2.35. The van der Waals surface area contributed by atoms with Crippen molar-refractivity contribution in [2.45, 2.75) is 32.2 Å². The molecule has 0 aliphatic rings. The third-order valence-electron chi connectivity index (χ3n) is 4.90. The molecule has 1 heterocycles. The minimum atomic E-state index is -0.605. The number of aromatic hydroxyl groups is 2. The number of aliphatic imine (C=N–C) groups is 1. The molecule has 3 rings (SSSR count). The third-order valence-corrected chi connectivity index (χ3v) is 5.14. The van der Waals surface area contributed by atoms with Gasteiger partial charge in [-0.2, -0.15) is 0 Å². The fourth-order valence-electron chi connectivity index (χ4n) is 3.07. The zero-order valence-corrected chi connectivity index (χ0v) is 15.5. The lowest BCUT2D eigenvalue weighted by atomic mass is 9.85. The van der Waals surface area contributed by atoms with Crippen LogP contribution in [0.5, 0.6) is 11.6 Å². The van der Waals surface area contributed by atoms with Gasteiger partial charge in [0.2, 0.25) is 0 Å². The van der Waals surface area contributed by atoms with E-state index in [1.807, 2.05) is 13.8 Å². The number of benzene rings is 2. The molecule has 0 aliphatic heterocycles. The SMILES string of the molecule is CCC(N)(CC)c1cc(N=Cc2c(O)[nH]c3ccc(Cl)cc23)ccc1O. The molecule has 26 heavy (non-hydrogen) atoms. The summed E-state index contributed by atoms with van der Waals surface area (Å²) in [5.74, 6) is 0.192. The van der Waals surface area contributed by atoms with Crippen molar-refractivity contribution in [3.05, 3.63) is 52.5 Å². The molecular weight excluding hydrogens is 350 g/mol. The third kappa shape index (κ3) is 3.28. The van der Waals surface area contributed by atoms with E-state index in [1.165, 1.54) is 0 Å². The number of fused-ring (bicyclic) bond motifs is 1. The molecule has 0 radical (unpaired) electrons. The van der Waals surface area contributed by atoms with Gasteiger partial charge in [-0.1, -0.05) is 25.4 Å². The fraction of sp³-hybridized carbons (Fsp3) is 0.250. The molecule has 2 aromatic carbocycles. The van der Waals surface area contributed by atoms with Gasteiger partial charge in [-0.05, 0) is 49.2 Å². The second kappa shape index (κ2) is 7.02. The number of aromatic amines is 1. The van der Waals surface area contributed by atoms with E-state index < -0.39 is 5.54 Å². The summed E-state index contributed by atoms with van der Waals surface area (Å²) in [4.78, 5) is 7.36. The van der Waals surface area contributed by atoms with Crippen LogP contribution in [0.3, 0.4) is 0 Å². The molecule has 0 amide bonds. The van der Waals surface area contributed by atoms with Crippen molar-refractivity contribution in [3.8, 4) is 11.6 Å². The van der Waals surface area contributed by atoms with Crippen molar-refractivity contribution in [1.82, 2.24) is 4.98 Å². The summed E-state index contributed by atoms with van der Waals surface area (Å²) in [5.41, 5.74) is 8.46. The van der Waals surface area contributed by atoms with Crippen molar-refractivity contribution in [2.75, 3.05) is 0 Å². The Bertz CT molecular complexity index is 975. The number of nitrogens with one attached hydrogen (secondary N) is 1. The Labute approximate surface area is 157 Å². The maximum atomic E-state index is 10.2. The first-order valence-corrected chi connectivity index (χ1v) is 8.92. The first-order chi connectivity index (χ1) is 12.4. The Hall–Kier alpha value is -2.50. The number of nitrogens with two attached hydrogens (primary N) is 1. The van der Waals surface area contributed by atoms with Gasteiger partial charge >= 0.3 is 0 Å². The summed E-state index contributed by atoms with van der Waals surface area (Å²) in [6.45, 7) is 3.99. The van der Waals surface area contributed by atoms with Crippen LogP contribution < -0.4 is 5.73 Å². The Morgan fingerprint density at radius 2 is 1.88 bits per heavy atom. The average molecular weight is 372 g/mol. The summed E-state index contributed by atoms with van der Waals surface area (Å²) < 4.78 is 0. The van der Waals surface area contributed by atoms with Crippen LogP contribution in [0, 0.1) is 0 Å². The molecule has 5 N–H and O–H groups in total.